The predicted octanol–water partition coefficient (Wildman–Crippen LogP) is 3.11. The van der Waals surface area contributed by atoms with Crippen LogP contribution in [0.25, 0.3) is 22.2 Å². The van der Waals surface area contributed by atoms with Gasteiger partial charge in [0.25, 0.3) is 0 Å². The lowest BCUT2D eigenvalue weighted by Crippen LogP contribution is -2.13. The molecule has 0 radical (unpaired) electrons. The van der Waals surface area contributed by atoms with E-state index in [4.69, 9.17) is 5.11 Å². The molecular formula is C17H16N2O4S. The van der Waals surface area contributed by atoms with Gasteiger partial charge in [0.05, 0.1) is 10.1 Å². The van der Waals surface area contributed by atoms with Crippen molar-refractivity contribution in [3.63, 3.8) is 0 Å². The molecule has 2 aromatic heterocycles. The molecule has 0 amide bonds. The Morgan fingerprint density at radius 2 is 1.79 bits per heavy atom. The van der Waals surface area contributed by atoms with E-state index in [2.05, 4.69) is 9.97 Å². The number of carboxylic acids is 1. The van der Waals surface area contributed by atoms with Gasteiger partial charge < -0.3 is 10.1 Å². The standard InChI is InChI=1S/C17H16N2O4S/c1-10(2)24(22,23)14-5-3-11(4-6-14)13-7-12-8-15(17(20)21)19-16(12)18-9-13/h3-10H,1-2H3,(H,18,19)(H,20,21). The number of pyridine rings is 1. The highest BCUT2D eigenvalue weighted by molar-refractivity contribution is 7.92. The summed E-state index contributed by atoms with van der Waals surface area (Å²) in [7, 11) is -3.30. The number of nitrogens with zero attached hydrogens (tertiary/aromatic N) is 1. The van der Waals surface area contributed by atoms with Crippen LogP contribution in [0.4, 0.5) is 0 Å². The molecule has 24 heavy (non-hydrogen) atoms. The second kappa shape index (κ2) is 5.76. The van der Waals surface area contributed by atoms with Crippen LogP contribution in [0.3, 0.4) is 0 Å². The molecular weight excluding hydrogens is 328 g/mol. The molecule has 7 heteroatoms. The number of benzene rings is 1. The van der Waals surface area contributed by atoms with E-state index < -0.39 is 21.1 Å². The van der Waals surface area contributed by atoms with Crippen molar-refractivity contribution in [3.8, 4) is 11.1 Å². The van der Waals surface area contributed by atoms with Crippen LogP contribution in [-0.2, 0) is 9.84 Å². The number of rotatable bonds is 4. The second-order valence-corrected chi connectivity index (χ2v) is 8.27. The minimum Gasteiger partial charge on any atom is -0.477 e. The number of aromatic amines is 1. The number of sulfone groups is 1. The van der Waals surface area contributed by atoms with Crippen molar-refractivity contribution in [2.24, 2.45) is 0 Å². The summed E-state index contributed by atoms with van der Waals surface area (Å²) >= 11 is 0. The first-order valence-corrected chi connectivity index (χ1v) is 8.90. The number of aromatic nitrogens is 2. The van der Waals surface area contributed by atoms with Crippen molar-refractivity contribution in [3.05, 3.63) is 48.3 Å². The van der Waals surface area contributed by atoms with E-state index in [9.17, 15) is 13.2 Å². The fraction of sp³-hybridized carbons (Fsp3) is 0.176. The molecule has 3 aromatic rings. The molecule has 0 bridgehead atoms. The molecule has 2 N–H and O–H groups in total. The second-order valence-electron chi connectivity index (χ2n) is 5.77. The number of nitrogens with one attached hydrogen (secondary N) is 1. The van der Waals surface area contributed by atoms with Crippen LogP contribution in [0.15, 0.2) is 47.5 Å². The summed E-state index contributed by atoms with van der Waals surface area (Å²) in [5.41, 5.74) is 2.17. The van der Waals surface area contributed by atoms with Gasteiger partial charge in [0, 0.05) is 17.1 Å². The zero-order valence-corrected chi connectivity index (χ0v) is 14.0. The van der Waals surface area contributed by atoms with Crippen molar-refractivity contribution in [2.45, 2.75) is 24.0 Å². The van der Waals surface area contributed by atoms with Gasteiger partial charge in [-0.2, -0.15) is 0 Å². The quantitative estimate of drug-likeness (QED) is 0.757. The van der Waals surface area contributed by atoms with E-state index in [1.54, 1.807) is 44.3 Å². The Kier molecular flexibility index (Phi) is 3.88. The molecule has 0 atom stereocenters. The molecule has 1 aromatic carbocycles. The largest absolute Gasteiger partial charge is 0.477 e. The third-order valence-corrected chi connectivity index (χ3v) is 6.01. The van der Waals surface area contributed by atoms with Gasteiger partial charge in [0.2, 0.25) is 0 Å². The number of aromatic carboxylic acids is 1. The molecule has 2 heterocycles. The Hall–Kier alpha value is -2.67. The van der Waals surface area contributed by atoms with E-state index >= 15 is 0 Å². The Morgan fingerprint density at radius 3 is 2.38 bits per heavy atom. The SMILES string of the molecule is CC(C)S(=O)(=O)c1ccc(-c2cnc3[nH]c(C(=O)O)cc3c2)cc1. The van der Waals surface area contributed by atoms with Crippen molar-refractivity contribution < 1.29 is 18.3 Å². The first-order chi connectivity index (χ1) is 11.3. The van der Waals surface area contributed by atoms with Gasteiger partial charge in [0.15, 0.2) is 9.84 Å². The fourth-order valence-corrected chi connectivity index (χ4v) is 3.46. The molecule has 6 nitrogen and oxygen atoms in total. The molecule has 0 aliphatic carbocycles. The summed E-state index contributed by atoms with van der Waals surface area (Å²) in [6.07, 6.45) is 1.62. The van der Waals surface area contributed by atoms with Gasteiger partial charge in [-0.25, -0.2) is 18.2 Å². The number of carboxylic acid groups (broad SMARTS) is 1. The van der Waals surface area contributed by atoms with Gasteiger partial charge in [-0.15, -0.1) is 0 Å². The van der Waals surface area contributed by atoms with Crippen LogP contribution >= 0.6 is 0 Å². The highest BCUT2D eigenvalue weighted by Crippen LogP contribution is 2.25. The Bertz CT molecular complexity index is 1020. The summed E-state index contributed by atoms with van der Waals surface area (Å²) in [6, 6.07) is 9.94. The van der Waals surface area contributed by atoms with Crippen molar-refractivity contribution in [1.29, 1.82) is 0 Å². The van der Waals surface area contributed by atoms with E-state index in [0.717, 1.165) is 11.1 Å². The molecule has 0 spiro atoms. The van der Waals surface area contributed by atoms with Gasteiger partial charge in [-0.3, -0.25) is 0 Å². The van der Waals surface area contributed by atoms with Gasteiger partial charge in [-0.1, -0.05) is 12.1 Å². The fourth-order valence-electron chi connectivity index (χ4n) is 2.40. The van der Waals surface area contributed by atoms with Crippen molar-refractivity contribution >= 4 is 26.8 Å². The summed E-state index contributed by atoms with van der Waals surface area (Å²) in [5.74, 6) is -1.04. The van der Waals surface area contributed by atoms with Crippen molar-refractivity contribution in [1.82, 2.24) is 9.97 Å². The summed E-state index contributed by atoms with van der Waals surface area (Å²) in [5, 5.41) is 9.22. The third kappa shape index (κ3) is 2.78. The number of hydrogen-bond donors (Lipinski definition) is 2. The number of H-pyrrole nitrogens is 1. The van der Waals surface area contributed by atoms with Crippen LogP contribution in [0.5, 0.6) is 0 Å². The zero-order chi connectivity index (χ0) is 17.5. The molecule has 3 rings (SSSR count). The van der Waals surface area contributed by atoms with Crippen LogP contribution in [0.1, 0.15) is 24.3 Å². The Morgan fingerprint density at radius 1 is 1.12 bits per heavy atom. The number of hydrogen-bond acceptors (Lipinski definition) is 4. The van der Waals surface area contributed by atoms with E-state index in [-0.39, 0.29) is 10.6 Å². The summed E-state index contributed by atoms with van der Waals surface area (Å²) in [6.45, 7) is 3.29. The Labute approximate surface area is 139 Å². The highest BCUT2D eigenvalue weighted by Gasteiger charge is 2.18. The molecule has 0 aliphatic rings. The van der Waals surface area contributed by atoms with Crippen LogP contribution < -0.4 is 0 Å². The van der Waals surface area contributed by atoms with Crippen molar-refractivity contribution in [2.75, 3.05) is 0 Å². The topological polar surface area (TPSA) is 100 Å². The van der Waals surface area contributed by atoms with Gasteiger partial charge >= 0.3 is 5.97 Å². The Balaban J connectivity index is 2.00. The van der Waals surface area contributed by atoms with E-state index in [0.29, 0.717) is 11.0 Å². The molecule has 0 aliphatic heterocycles. The van der Waals surface area contributed by atoms with Gasteiger partial charge in [0.1, 0.15) is 11.3 Å². The lowest BCUT2D eigenvalue weighted by molar-refractivity contribution is 0.0691. The minimum atomic E-state index is -3.30. The normalized spacial score (nSPS) is 12.0. The minimum absolute atomic E-state index is 0.0769. The van der Waals surface area contributed by atoms with Gasteiger partial charge in [-0.05, 0) is 43.7 Å². The monoisotopic (exact) mass is 344 g/mol. The summed E-state index contributed by atoms with van der Waals surface area (Å²) < 4.78 is 24.3. The lowest BCUT2D eigenvalue weighted by Gasteiger charge is -2.08. The van der Waals surface area contributed by atoms with Crippen LogP contribution in [0.2, 0.25) is 0 Å². The average molecular weight is 344 g/mol. The maximum absolute atomic E-state index is 12.1. The molecule has 0 fully saturated rings. The lowest BCUT2D eigenvalue weighted by atomic mass is 10.1. The smallest absolute Gasteiger partial charge is 0.352 e. The highest BCUT2D eigenvalue weighted by atomic mass is 32.2. The first kappa shape index (κ1) is 16.2. The maximum atomic E-state index is 12.1. The zero-order valence-electron chi connectivity index (χ0n) is 13.1. The van der Waals surface area contributed by atoms with E-state index in [1.807, 2.05) is 6.07 Å². The van der Waals surface area contributed by atoms with Crippen LogP contribution in [-0.4, -0.2) is 34.7 Å². The summed E-state index contributed by atoms with van der Waals surface area (Å²) in [4.78, 5) is 18.2. The van der Waals surface area contributed by atoms with Crippen LogP contribution in [0, 0.1) is 0 Å². The maximum Gasteiger partial charge on any atom is 0.352 e. The predicted molar refractivity (Wildman–Crippen MR) is 90.8 cm³/mol. The average Bonchev–Trinajstić information content (AvgIpc) is 2.98. The molecule has 0 unspecified atom stereocenters. The van der Waals surface area contributed by atoms with E-state index in [1.165, 1.54) is 6.07 Å². The third-order valence-electron chi connectivity index (χ3n) is 3.84. The number of fused-ring (bicyclic) bond motifs is 1. The first-order valence-electron chi connectivity index (χ1n) is 7.35. The molecule has 0 saturated carbocycles. The molecule has 124 valence electrons. The molecule has 0 saturated heterocycles. The number of carbonyl (C=O) groups is 1.